The van der Waals surface area contributed by atoms with Gasteiger partial charge in [-0.3, -0.25) is 19.3 Å². The minimum absolute atomic E-state index is 0.0959. The van der Waals surface area contributed by atoms with Crippen molar-refractivity contribution >= 4 is 29.3 Å². The number of nitrogens with one attached hydrogen (secondary N) is 1. The lowest BCUT2D eigenvalue weighted by Crippen LogP contribution is -2.60. The van der Waals surface area contributed by atoms with Gasteiger partial charge >= 0.3 is 0 Å². The number of carbonyl (C=O) groups excluding carboxylic acids is 3. The molecule has 1 atom stereocenters. The van der Waals surface area contributed by atoms with Crippen LogP contribution in [-0.4, -0.2) is 79.2 Å². The Hall–Kier alpha value is -2.94. The maximum Gasteiger partial charge on any atom is 0.257 e. The van der Waals surface area contributed by atoms with Crippen LogP contribution in [0.5, 0.6) is 0 Å². The minimum Gasteiger partial charge on any atom is -0.383 e. The molecule has 2 aliphatic heterocycles. The Bertz CT molecular complexity index is 1100. The number of likely N-dealkylation sites (tertiary alicyclic amines) is 1. The van der Waals surface area contributed by atoms with E-state index in [2.05, 4.69) is 5.32 Å². The Balaban J connectivity index is 1.57. The lowest BCUT2D eigenvalue weighted by Gasteiger charge is -2.44. The van der Waals surface area contributed by atoms with Crippen LogP contribution in [0.3, 0.4) is 0 Å². The van der Waals surface area contributed by atoms with Gasteiger partial charge in [0.25, 0.3) is 11.8 Å². The zero-order valence-corrected chi connectivity index (χ0v) is 20.7. The molecule has 1 N–H and O–H groups in total. The number of rotatable bonds is 6. The van der Waals surface area contributed by atoms with Crippen LogP contribution < -0.4 is 5.32 Å². The summed E-state index contributed by atoms with van der Waals surface area (Å²) >= 11 is 6.06. The first-order valence-corrected chi connectivity index (χ1v) is 12.1. The van der Waals surface area contributed by atoms with Crippen LogP contribution in [0.25, 0.3) is 0 Å². The maximum atomic E-state index is 13.8. The molecular formula is C26H30ClN3O5. The van der Waals surface area contributed by atoms with E-state index in [0.29, 0.717) is 55.2 Å². The van der Waals surface area contributed by atoms with Gasteiger partial charge in [-0.15, -0.1) is 0 Å². The number of methoxy groups -OCH3 is 1. The van der Waals surface area contributed by atoms with Crippen molar-refractivity contribution in [1.82, 2.24) is 15.1 Å². The molecule has 8 nitrogen and oxygen atoms in total. The molecule has 2 fully saturated rings. The molecule has 186 valence electrons. The van der Waals surface area contributed by atoms with Gasteiger partial charge in [-0.2, -0.15) is 0 Å². The summed E-state index contributed by atoms with van der Waals surface area (Å²) in [6, 6.07) is 13.4. The Kier molecular flexibility index (Phi) is 7.74. The van der Waals surface area contributed by atoms with Crippen LogP contribution in [-0.2, 0) is 14.3 Å². The number of hydrogen-bond acceptors (Lipinski definition) is 5. The topological polar surface area (TPSA) is 88.2 Å². The van der Waals surface area contributed by atoms with Crippen molar-refractivity contribution in [3.63, 3.8) is 0 Å². The van der Waals surface area contributed by atoms with Crippen molar-refractivity contribution in [2.45, 2.75) is 31.5 Å². The fraction of sp³-hybridized carbons (Fsp3) is 0.423. The van der Waals surface area contributed by atoms with Gasteiger partial charge in [0.1, 0.15) is 11.8 Å². The van der Waals surface area contributed by atoms with Gasteiger partial charge in [0.15, 0.2) is 0 Å². The first-order valence-electron chi connectivity index (χ1n) is 11.7. The average Bonchev–Trinajstić information content (AvgIpc) is 3.22. The predicted octanol–water partition coefficient (Wildman–Crippen LogP) is 2.88. The van der Waals surface area contributed by atoms with E-state index in [9.17, 15) is 14.4 Å². The quantitative estimate of drug-likeness (QED) is 0.617. The van der Waals surface area contributed by atoms with E-state index in [0.717, 1.165) is 5.56 Å². The first-order chi connectivity index (χ1) is 16.9. The second kappa shape index (κ2) is 10.8. The number of piperidine rings is 1. The molecule has 0 saturated carbocycles. The molecule has 9 heteroatoms. The number of benzene rings is 2. The summed E-state index contributed by atoms with van der Waals surface area (Å²) < 4.78 is 11.3. The molecule has 1 spiro atoms. The summed E-state index contributed by atoms with van der Waals surface area (Å²) in [5.41, 5.74) is 0.911. The van der Waals surface area contributed by atoms with Gasteiger partial charge in [0.2, 0.25) is 5.91 Å². The van der Waals surface area contributed by atoms with Crippen LogP contribution >= 0.6 is 11.6 Å². The van der Waals surface area contributed by atoms with Crippen LogP contribution in [0.4, 0.5) is 0 Å². The number of halogens is 1. The van der Waals surface area contributed by atoms with Gasteiger partial charge in [-0.05, 0) is 36.8 Å². The Morgan fingerprint density at radius 3 is 2.54 bits per heavy atom. The lowest BCUT2D eigenvalue weighted by atomic mass is 9.95. The highest BCUT2D eigenvalue weighted by Crippen LogP contribution is 2.39. The Morgan fingerprint density at radius 2 is 1.86 bits per heavy atom. The smallest absolute Gasteiger partial charge is 0.257 e. The fourth-order valence-electron chi connectivity index (χ4n) is 4.77. The molecule has 0 bridgehead atoms. The number of carbonyl (C=O) groups is 3. The molecule has 1 unspecified atom stereocenters. The zero-order valence-electron chi connectivity index (χ0n) is 20.0. The molecule has 0 radical (unpaired) electrons. The third-order valence-corrected chi connectivity index (χ3v) is 6.90. The van der Waals surface area contributed by atoms with Crippen molar-refractivity contribution in [2.75, 3.05) is 40.0 Å². The van der Waals surface area contributed by atoms with Crippen LogP contribution in [0.1, 0.15) is 39.1 Å². The molecule has 2 heterocycles. The van der Waals surface area contributed by atoms with Crippen molar-refractivity contribution < 1.29 is 23.9 Å². The van der Waals surface area contributed by atoms with E-state index in [1.54, 1.807) is 47.2 Å². The molecule has 3 amide bonds. The zero-order chi connectivity index (χ0) is 25.0. The number of nitrogens with zero attached hydrogens (tertiary/aromatic N) is 2. The van der Waals surface area contributed by atoms with Gasteiger partial charge < -0.3 is 19.7 Å². The minimum atomic E-state index is -0.965. The van der Waals surface area contributed by atoms with E-state index in [1.807, 2.05) is 25.1 Å². The second-order valence-electron chi connectivity index (χ2n) is 8.85. The number of amides is 3. The van der Waals surface area contributed by atoms with Crippen LogP contribution in [0, 0.1) is 6.92 Å². The average molecular weight is 500 g/mol. The summed E-state index contributed by atoms with van der Waals surface area (Å²) in [7, 11) is 1.56. The highest BCUT2D eigenvalue weighted by molar-refractivity contribution is 6.30. The van der Waals surface area contributed by atoms with Crippen molar-refractivity contribution in [3.8, 4) is 0 Å². The Labute approximate surface area is 210 Å². The van der Waals surface area contributed by atoms with E-state index in [4.69, 9.17) is 21.1 Å². The van der Waals surface area contributed by atoms with E-state index in [1.165, 1.54) is 0 Å². The highest BCUT2D eigenvalue weighted by Gasteiger charge is 2.54. The second-order valence-corrected chi connectivity index (χ2v) is 9.29. The summed E-state index contributed by atoms with van der Waals surface area (Å²) in [5, 5.41) is 3.34. The molecule has 2 aromatic rings. The van der Waals surface area contributed by atoms with E-state index >= 15 is 0 Å². The van der Waals surface area contributed by atoms with Gasteiger partial charge in [0.05, 0.1) is 13.2 Å². The SMILES string of the molecule is COCCNC(=O)C1COC2(CCN(C(=O)c3cccc(Cl)c3)CC2)N1C(=O)c1ccccc1C. The fourth-order valence-corrected chi connectivity index (χ4v) is 4.96. The summed E-state index contributed by atoms with van der Waals surface area (Å²) in [4.78, 5) is 43.2. The molecular weight excluding hydrogens is 470 g/mol. The van der Waals surface area contributed by atoms with Crippen molar-refractivity contribution in [3.05, 3.63) is 70.2 Å². The van der Waals surface area contributed by atoms with Crippen LogP contribution in [0.15, 0.2) is 48.5 Å². The standard InChI is InChI=1S/C26H30ClN3O5/c1-18-6-3-4-9-21(18)25(33)30-22(23(31)28-12-15-34-2)17-35-26(30)10-13-29(14-11-26)24(32)19-7-5-8-20(27)16-19/h3-9,16,22H,10-15,17H2,1-2H3,(H,28,31). The van der Waals surface area contributed by atoms with Crippen LogP contribution in [0.2, 0.25) is 5.02 Å². The predicted molar refractivity (Wildman–Crippen MR) is 131 cm³/mol. The molecule has 4 rings (SSSR count). The molecule has 35 heavy (non-hydrogen) atoms. The molecule has 2 aromatic carbocycles. The van der Waals surface area contributed by atoms with Gasteiger partial charge in [0, 0.05) is 55.7 Å². The van der Waals surface area contributed by atoms with Gasteiger partial charge in [-0.1, -0.05) is 35.9 Å². The summed E-state index contributed by atoms with van der Waals surface area (Å²) in [6.45, 7) is 3.46. The van der Waals surface area contributed by atoms with Crippen molar-refractivity contribution in [1.29, 1.82) is 0 Å². The van der Waals surface area contributed by atoms with Gasteiger partial charge in [-0.25, -0.2) is 0 Å². The molecule has 2 saturated heterocycles. The number of ether oxygens (including phenoxy) is 2. The Morgan fingerprint density at radius 1 is 1.11 bits per heavy atom. The summed E-state index contributed by atoms with van der Waals surface area (Å²) in [6.07, 6.45) is 0.803. The van der Waals surface area contributed by atoms with E-state index < -0.39 is 11.8 Å². The highest BCUT2D eigenvalue weighted by atomic mass is 35.5. The lowest BCUT2D eigenvalue weighted by molar-refractivity contribution is -0.128. The number of hydrogen-bond donors (Lipinski definition) is 1. The van der Waals surface area contributed by atoms with Crippen molar-refractivity contribution in [2.24, 2.45) is 0 Å². The third-order valence-electron chi connectivity index (χ3n) is 6.67. The monoisotopic (exact) mass is 499 g/mol. The van der Waals surface area contributed by atoms with E-state index in [-0.39, 0.29) is 24.3 Å². The molecule has 2 aliphatic rings. The maximum absolute atomic E-state index is 13.8. The summed E-state index contributed by atoms with van der Waals surface area (Å²) in [5.74, 6) is -0.647. The first kappa shape index (κ1) is 25.2. The molecule has 0 aliphatic carbocycles. The molecule has 0 aromatic heterocycles. The normalized spacial score (nSPS) is 19.1. The third kappa shape index (κ3) is 5.19. The number of aryl methyl sites for hydroxylation is 1. The largest absolute Gasteiger partial charge is 0.383 e.